The molecule has 0 aliphatic carbocycles. The Hall–Kier alpha value is -4.10. The number of hydrogen-bond acceptors (Lipinski definition) is 5. The van der Waals surface area contributed by atoms with Gasteiger partial charge in [-0.25, -0.2) is 0 Å². The standard InChI is InChI=1S/C26H20N4O2S/c31-25(27-21-13-15-23(16-14-21)32-22-6-2-1-3-7-22)20-11-9-19(10-12-20)18-33-26-29-28-24-8-4-5-17-30(24)26/h1-17H,18H2,(H,27,31). The second-order valence-corrected chi connectivity index (χ2v) is 8.23. The summed E-state index contributed by atoms with van der Waals surface area (Å²) >= 11 is 1.61. The van der Waals surface area contributed by atoms with Crippen molar-refractivity contribution in [2.75, 3.05) is 5.32 Å². The number of nitrogens with one attached hydrogen (secondary N) is 1. The predicted molar refractivity (Wildman–Crippen MR) is 130 cm³/mol. The van der Waals surface area contributed by atoms with Gasteiger partial charge in [0.15, 0.2) is 10.8 Å². The summed E-state index contributed by atoms with van der Waals surface area (Å²) in [5.74, 6) is 2.06. The van der Waals surface area contributed by atoms with Crippen LogP contribution in [0.15, 0.2) is 108 Å². The van der Waals surface area contributed by atoms with Crippen molar-refractivity contribution >= 4 is 29.0 Å². The Morgan fingerprint density at radius 1 is 0.818 bits per heavy atom. The molecule has 5 rings (SSSR count). The third-order valence-electron chi connectivity index (χ3n) is 4.96. The highest BCUT2D eigenvalue weighted by atomic mass is 32.2. The van der Waals surface area contributed by atoms with E-state index in [1.54, 1.807) is 11.8 Å². The summed E-state index contributed by atoms with van der Waals surface area (Å²) in [6.07, 6.45) is 1.95. The first kappa shape index (κ1) is 20.8. The summed E-state index contributed by atoms with van der Waals surface area (Å²) in [5.41, 5.74) is 3.23. The van der Waals surface area contributed by atoms with Gasteiger partial charge < -0.3 is 10.1 Å². The monoisotopic (exact) mass is 452 g/mol. The number of carbonyl (C=O) groups is 1. The van der Waals surface area contributed by atoms with Gasteiger partial charge in [-0.05, 0) is 66.2 Å². The minimum atomic E-state index is -0.158. The fourth-order valence-electron chi connectivity index (χ4n) is 3.25. The van der Waals surface area contributed by atoms with Crippen molar-refractivity contribution in [2.45, 2.75) is 10.9 Å². The van der Waals surface area contributed by atoms with E-state index in [0.29, 0.717) is 17.0 Å². The number of benzene rings is 3. The minimum absolute atomic E-state index is 0.158. The molecule has 1 N–H and O–H groups in total. The van der Waals surface area contributed by atoms with E-state index >= 15 is 0 Å². The lowest BCUT2D eigenvalue weighted by Gasteiger charge is -2.08. The number of aromatic nitrogens is 3. The van der Waals surface area contributed by atoms with E-state index in [9.17, 15) is 4.79 Å². The average Bonchev–Trinajstić information content (AvgIpc) is 3.28. The van der Waals surface area contributed by atoms with Crippen molar-refractivity contribution in [1.29, 1.82) is 0 Å². The maximum Gasteiger partial charge on any atom is 0.255 e. The number of para-hydroxylation sites is 1. The first-order valence-electron chi connectivity index (χ1n) is 10.4. The van der Waals surface area contributed by atoms with E-state index in [-0.39, 0.29) is 5.91 Å². The van der Waals surface area contributed by atoms with Gasteiger partial charge in [0, 0.05) is 23.2 Å². The Balaban J connectivity index is 1.17. The number of rotatable bonds is 7. The molecule has 2 aromatic heterocycles. The molecule has 5 aromatic rings. The fourth-order valence-corrected chi connectivity index (χ4v) is 4.13. The Labute approximate surface area is 195 Å². The van der Waals surface area contributed by atoms with Crippen LogP contribution in [0.1, 0.15) is 15.9 Å². The highest BCUT2D eigenvalue weighted by Crippen LogP contribution is 2.24. The molecule has 0 saturated carbocycles. The van der Waals surface area contributed by atoms with Gasteiger partial charge in [0.25, 0.3) is 5.91 Å². The van der Waals surface area contributed by atoms with Gasteiger partial charge >= 0.3 is 0 Å². The van der Waals surface area contributed by atoms with E-state index in [1.807, 2.05) is 108 Å². The van der Waals surface area contributed by atoms with E-state index in [1.165, 1.54) is 0 Å². The Morgan fingerprint density at radius 2 is 1.55 bits per heavy atom. The van der Waals surface area contributed by atoms with Crippen molar-refractivity contribution < 1.29 is 9.53 Å². The number of nitrogens with zero attached hydrogens (tertiary/aromatic N) is 3. The number of carbonyl (C=O) groups excluding carboxylic acids is 1. The van der Waals surface area contributed by atoms with Gasteiger partial charge in [0.2, 0.25) is 0 Å². The summed E-state index contributed by atoms with van der Waals surface area (Å²) in [7, 11) is 0. The molecule has 0 fully saturated rings. The number of amides is 1. The molecule has 2 heterocycles. The molecule has 0 aliphatic rings. The van der Waals surface area contributed by atoms with Crippen molar-refractivity contribution in [2.24, 2.45) is 0 Å². The molecule has 162 valence electrons. The number of ether oxygens (including phenoxy) is 1. The molecule has 0 spiro atoms. The first-order chi connectivity index (χ1) is 16.2. The van der Waals surface area contributed by atoms with Crippen LogP contribution in [0.25, 0.3) is 5.65 Å². The molecule has 0 saturated heterocycles. The molecule has 0 atom stereocenters. The van der Waals surface area contributed by atoms with E-state index in [2.05, 4.69) is 15.5 Å². The molecule has 0 radical (unpaired) electrons. The van der Waals surface area contributed by atoms with Crippen LogP contribution < -0.4 is 10.1 Å². The van der Waals surface area contributed by atoms with Crippen LogP contribution in [0, 0.1) is 0 Å². The number of pyridine rings is 1. The van der Waals surface area contributed by atoms with Crippen LogP contribution in [-0.4, -0.2) is 20.5 Å². The van der Waals surface area contributed by atoms with Crippen LogP contribution in [0.4, 0.5) is 5.69 Å². The maximum atomic E-state index is 12.6. The lowest BCUT2D eigenvalue weighted by Crippen LogP contribution is -2.11. The van der Waals surface area contributed by atoms with Crippen molar-refractivity contribution in [3.05, 3.63) is 114 Å². The maximum absolute atomic E-state index is 12.6. The second kappa shape index (κ2) is 9.58. The minimum Gasteiger partial charge on any atom is -0.457 e. The summed E-state index contributed by atoms with van der Waals surface area (Å²) in [5, 5.41) is 12.2. The van der Waals surface area contributed by atoms with Gasteiger partial charge in [-0.3, -0.25) is 9.20 Å². The quantitative estimate of drug-likeness (QED) is 0.304. The summed E-state index contributed by atoms with van der Waals surface area (Å²) in [6.45, 7) is 0. The van der Waals surface area contributed by atoms with Gasteiger partial charge in [0.1, 0.15) is 11.5 Å². The van der Waals surface area contributed by atoms with Gasteiger partial charge in [-0.15, -0.1) is 10.2 Å². The first-order valence-corrected chi connectivity index (χ1v) is 11.4. The van der Waals surface area contributed by atoms with Gasteiger partial charge in [-0.1, -0.05) is 48.2 Å². The lowest BCUT2D eigenvalue weighted by molar-refractivity contribution is 0.102. The third kappa shape index (κ3) is 5.05. The predicted octanol–water partition coefficient (Wildman–Crippen LogP) is 6.07. The third-order valence-corrected chi connectivity index (χ3v) is 5.97. The topological polar surface area (TPSA) is 68.5 Å². The molecule has 0 bridgehead atoms. The average molecular weight is 453 g/mol. The zero-order valence-corrected chi connectivity index (χ0v) is 18.4. The SMILES string of the molecule is O=C(Nc1ccc(Oc2ccccc2)cc1)c1ccc(CSc2nnc3ccccn23)cc1. The number of hydrogen-bond donors (Lipinski definition) is 1. The van der Waals surface area contributed by atoms with Gasteiger partial charge in [-0.2, -0.15) is 0 Å². The van der Waals surface area contributed by atoms with Crippen molar-refractivity contribution in [3.63, 3.8) is 0 Å². The number of anilines is 1. The number of thioether (sulfide) groups is 1. The second-order valence-electron chi connectivity index (χ2n) is 7.29. The summed E-state index contributed by atoms with van der Waals surface area (Å²) in [4.78, 5) is 12.6. The molecule has 33 heavy (non-hydrogen) atoms. The molecule has 7 heteroatoms. The smallest absolute Gasteiger partial charge is 0.255 e. The highest BCUT2D eigenvalue weighted by molar-refractivity contribution is 7.98. The van der Waals surface area contributed by atoms with E-state index in [0.717, 1.165) is 27.9 Å². The van der Waals surface area contributed by atoms with Gasteiger partial charge in [0.05, 0.1) is 0 Å². The van der Waals surface area contributed by atoms with E-state index < -0.39 is 0 Å². The van der Waals surface area contributed by atoms with Crippen LogP contribution in [-0.2, 0) is 5.75 Å². The number of fused-ring (bicyclic) bond motifs is 1. The Kier molecular flexibility index (Phi) is 6.04. The van der Waals surface area contributed by atoms with Crippen LogP contribution in [0.3, 0.4) is 0 Å². The van der Waals surface area contributed by atoms with Crippen LogP contribution in [0.5, 0.6) is 11.5 Å². The zero-order valence-electron chi connectivity index (χ0n) is 17.6. The fraction of sp³-hybridized carbons (Fsp3) is 0.0385. The molecule has 6 nitrogen and oxygen atoms in total. The summed E-state index contributed by atoms with van der Waals surface area (Å²) in [6, 6.07) is 30.3. The highest BCUT2D eigenvalue weighted by Gasteiger charge is 2.09. The lowest BCUT2D eigenvalue weighted by atomic mass is 10.1. The molecule has 0 unspecified atom stereocenters. The molecule has 3 aromatic carbocycles. The zero-order chi connectivity index (χ0) is 22.5. The van der Waals surface area contributed by atoms with E-state index in [4.69, 9.17) is 4.74 Å². The van der Waals surface area contributed by atoms with Crippen molar-refractivity contribution in [3.8, 4) is 11.5 Å². The van der Waals surface area contributed by atoms with Crippen molar-refractivity contribution in [1.82, 2.24) is 14.6 Å². The normalized spacial score (nSPS) is 10.8. The summed E-state index contributed by atoms with van der Waals surface area (Å²) < 4.78 is 7.75. The molecule has 0 aliphatic heterocycles. The molecular weight excluding hydrogens is 432 g/mol. The Bertz CT molecular complexity index is 1370. The van der Waals surface area contributed by atoms with Crippen LogP contribution >= 0.6 is 11.8 Å². The Morgan fingerprint density at radius 3 is 2.33 bits per heavy atom. The van der Waals surface area contributed by atoms with Crippen LogP contribution in [0.2, 0.25) is 0 Å². The molecule has 1 amide bonds. The molecular formula is C26H20N4O2S. The largest absolute Gasteiger partial charge is 0.457 e.